The first-order valence-electron chi connectivity index (χ1n) is 12.6. The van der Waals surface area contributed by atoms with Crippen molar-refractivity contribution in [2.45, 2.75) is 26.8 Å². The van der Waals surface area contributed by atoms with Crippen LogP contribution in [0.1, 0.15) is 37.2 Å². The first-order chi connectivity index (χ1) is 20.0. The highest BCUT2D eigenvalue weighted by Gasteiger charge is 2.21. The maximum atomic E-state index is 15.1. The third-order valence-corrected chi connectivity index (χ3v) is 5.91. The minimum atomic E-state index is -0.938. The van der Waals surface area contributed by atoms with Gasteiger partial charge < -0.3 is 26.1 Å². The molecule has 2 amide bonds. The van der Waals surface area contributed by atoms with E-state index in [1.54, 1.807) is 13.8 Å². The molecular formula is C29H26F2N6O5. The Labute approximate surface area is 238 Å². The quantitative estimate of drug-likeness (QED) is 0.302. The average Bonchev–Trinajstić information content (AvgIpc) is 2.92. The van der Waals surface area contributed by atoms with Crippen LogP contribution in [0.5, 0.6) is 5.75 Å². The number of halogens is 2. The molecule has 11 nitrogen and oxygen atoms in total. The number of ether oxygens (including phenoxy) is 1. The van der Waals surface area contributed by atoms with Crippen molar-refractivity contribution in [3.8, 4) is 11.4 Å². The van der Waals surface area contributed by atoms with Crippen molar-refractivity contribution in [2.75, 3.05) is 5.32 Å². The van der Waals surface area contributed by atoms with Crippen LogP contribution in [0.15, 0.2) is 93.8 Å². The lowest BCUT2D eigenvalue weighted by Gasteiger charge is -2.19. The highest BCUT2D eigenvalue weighted by molar-refractivity contribution is 6.03. The Bertz CT molecular complexity index is 1790. The van der Waals surface area contributed by atoms with E-state index >= 15 is 4.39 Å². The van der Waals surface area contributed by atoms with Gasteiger partial charge in [0.25, 0.3) is 11.5 Å². The van der Waals surface area contributed by atoms with Gasteiger partial charge in [-0.15, -0.1) is 0 Å². The molecule has 2 heterocycles. The van der Waals surface area contributed by atoms with Gasteiger partial charge in [-0.1, -0.05) is 0 Å². The number of carbonyl (C=O) groups is 2. The zero-order valence-electron chi connectivity index (χ0n) is 22.7. The van der Waals surface area contributed by atoms with Gasteiger partial charge in [0.15, 0.2) is 17.3 Å². The minimum Gasteiger partial charge on any atom is -0.452 e. The Kier molecular flexibility index (Phi) is 8.60. The zero-order valence-corrected chi connectivity index (χ0v) is 22.7. The molecule has 4 rings (SSSR count). The minimum absolute atomic E-state index is 0.00952. The topological polar surface area (TPSA) is 147 Å². The third kappa shape index (κ3) is 6.41. The molecule has 2 aromatic carbocycles. The van der Waals surface area contributed by atoms with Gasteiger partial charge in [0.1, 0.15) is 11.4 Å². The Hall–Kier alpha value is -5.59. The molecule has 0 bridgehead atoms. The number of rotatable bonds is 8. The van der Waals surface area contributed by atoms with Gasteiger partial charge in [0.05, 0.1) is 17.1 Å². The Morgan fingerprint density at radius 1 is 1.07 bits per heavy atom. The molecule has 1 aliphatic rings. The molecule has 0 spiro atoms. The fourth-order valence-corrected chi connectivity index (χ4v) is 3.95. The number of hydrogen-bond acceptors (Lipinski definition) is 7. The fourth-order valence-electron chi connectivity index (χ4n) is 3.95. The van der Waals surface area contributed by atoms with Crippen LogP contribution in [0.25, 0.3) is 5.69 Å². The summed E-state index contributed by atoms with van der Waals surface area (Å²) in [7, 11) is 0. The fraction of sp³-hybridized carbons (Fsp3) is 0.138. The summed E-state index contributed by atoms with van der Waals surface area (Å²) in [6, 6.07) is 7.79. The van der Waals surface area contributed by atoms with Crippen molar-refractivity contribution in [1.29, 1.82) is 5.41 Å². The number of benzene rings is 2. The van der Waals surface area contributed by atoms with Crippen molar-refractivity contribution in [3.05, 3.63) is 122 Å². The van der Waals surface area contributed by atoms with E-state index in [1.165, 1.54) is 54.1 Å². The lowest BCUT2D eigenvalue weighted by atomic mass is 10.2. The molecule has 0 fully saturated rings. The molecule has 216 valence electrons. The van der Waals surface area contributed by atoms with E-state index in [4.69, 9.17) is 10.1 Å². The summed E-state index contributed by atoms with van der Waals surface area (Å²) in [6.45, 7) is 4.69. The maximum absolute atomic E-state index is 15.1. The van der Waals surface area contributed by atoms with Crippen LogP contribution in [-0.4, -0.2) is 27.2 Å². The molecule has 0 saturated heterocycles. The Morgan fingerprint density at radius 3 is 2.40 bits per heavy atom. The Balaban J connectivity index is 1.63. The number of aromatic nitrogens is 2. The number of nitrogens with zero attached hydrogens (tertiary/aromatic N) is 2. The molecule has 0 aliphatic carbocycles. The third-order valence-electron chi connectivity index (χ3n) is 5.91. The second-order valence-electron chi connectivity index (χ2n) is 9.33. The van der Waals surface area contributed by atoms with Gasteiger partial charge in [-0.2, -0.15) is 0 Å². The van der Waals surface area contributed by atoms with E-state index in [-0.39, 0.29) is 28.8 Å². The lowest BCUT2D eigenvalue weighted by molar-refractivity contribution is -0.118. The second kappa shape index (κ2) is 12.3. The van der Waals surface area contributed by atoms with Crippen LogP contribution in [0.4, 0.5) is 14.5 Å². The van der Waals surface area contributed by atoms with Crippen molar-refractivity contribution in [3.63, 3.8) is 0 Å². The van der Waals surface area contributed by atoms with Gasteiger partial charge in [-0.25, -0.2) is 18.1 Å². The summed E-state index contributed by atoms with van der Waals surface area (Å²) < 4.78 is 36.2. The lowest BCUT2D eigenvalue weighted by Crippen LogP contribution is -2.42. The van der Waals surface area contributed by atoms with Gasteiger partial charge in [-0.3, -0.25) is 19.0 Å². The van der Waals surface area contributed by atoms with E-state index in [1.807, 2.05) is 0 Å². The van der Waals surface area contributed by atoms with Crippen molar-refractivity contribution in [2.24, 2.45) is 0 Å². The second-order valence-corrected chi connectivity index (χ2v) is 9.33. The first kappa shape index (κ1) is 29.4. The van der Waals surface area contributed by atoms with Gasteiger partial charge >= 0.3 is 5.69 Å². The van der Waals surface area contributed by atoms with Crippen molar-refractivity contribution < 1.29 is 23.1 Å². The van der Waals surface area contributed by atoms with Crippen LogP contribution < -0.4 is 31.9 Å². The molecule has 1 aromatic heterocycles. The molecule has 4 N–H and O–H groups in total. The van der Waals surface area contributed by atoms with E-state index in [0.717, 1.165) is 35.2 Å². The summed E-state index contributed by atoms with van der Waals surface area (Å²) in [5, 5.41) is 15.2. The number of nitrogens with one attached hydrogen (secondary N) is 4. The molecule has 13 heteroatoms. The molecular weight excluding hydrogens is 550 g/mol. The molecule has 42 heavy (non-hydrogen) atoms. The summed E-state index contributed by atoms with van der Waals surface area (Å²) >= 11 is 0. The summed E-state index contributed by atoms with van der Waals surface area (Å²) in [4.78, 5) is 50.8. The normalized spacial score (nSPS) is 13.6. The van der Waals surface area contributed by atoms with Crippen LogP contribution in [0, 0.1) is 17.0 Å². The molecule has 0 radical (unpaired) electrons. The maximum Gasteiger partial charge on any atom is 0.335 e. The van der Waals surface area contributed by atoms with Crippen LogP contribution in [0.3, 0.4) is 0 Å². The molecule has 1 aliphatic heterocycles. The number of anilines is 1. The predicted octanol–water partition coefficient (Wildman–Crippen LogP) is 3.49. The van der Waals surface area contributed by atoms with Gasteiger partial charge in [-0.05, 0) is 56.3 Å². The van der Waals surface area contributed by atoms with Crippen molar-refractivity contribution in [1.82, 2.24) is 19.8 Å². The van der Waals surface area contributed by atoms with Crippen molar-refractivity contribution >= 4 is 23.7 Å². The number of carbonyl (C=O) groups excluding carboxylic acids is 2. The van der Waals surface area contributed by atoms with E-state index in [0.29, 0.717) is 11.4 Å². The van der Waals surface area contributed by atoms with Crippen LogP contribution in [0.2, 0.25) is 0 Å². The smallest absolute Gasteiger partial charge is 0.335 e. The molecule has 0 unspecified atom stereocenters. The predicted molar refractivity (Wildman–Crippen MR) is 152 cm³/mol. The summed E-state index contributed by atoms with van der Waals surface area (Å²) in [5.41, 5.74) is -1.32. The summed E-state index contributed by atoms with van der Waals surface area (Å²) in [6.07, 6.45) is 6.41. The highest BCUT2D eigenvalue weighted by atomic mass is 19.1. The van der Waals surface area contributed by atoms with Crippen LogP contribution in [-0.2, 0) is 4.79 Å². The number of hydrogen-bond donors (Lipinski definition) is 4. The largest absolute Gasteiger partial charge is 0.452 e. The number of dihydropyridines is 1. The van der Waals surface area contributed by atoms with E-state index < -0.39 is 40.4 Å². The van der Waals surface area contributed by atoms with Crippen LogP contribution >= 0.6 is 0 Å². The van der Waals surface area contributed by atoms with E-state index in [2.05, 4.69) is 16.0 Å². The molecule has 0 saturated carbocycles. The number of allylic oxidation sites excluding steroid dienone is 2. The molecule has 0 atom stereocenters. The molecule has 3 aromatic rings. The summed E-state index contributed by atoms with van der Waals surface area (Å²) in [5.74, 6) is -2.79. The highest BCUT2D eigenvalue weighted by Crippen LogP contribution is 2.26. The van der Waals surface area contributed by atoms with Gasteiger partial charge in [0, 0.05) is 49.4 Å². The Morgan fingerprint density at radius 2 is 1.79 bits per heavy atom. The average molecular weight is 577 g/mol. The monoisotopic (exact) mass is 576 g/mol. The number of amides is 2. The SMILES string of the molecule is CC(=O)NC1=CN/C(=C\C=N)C(Oc2ccc(NC(=O)c3cn(C(C)C)c(=O)n(-c4ccc(F)cc4)c3=O)cc2F)=C1. The van der Waals surface area contributed by atoms with Gasteiger partial charge in [0.2, 0.25) is 5.91 Å². The first-order valence-corrected chi connectivity index (χ1v) is 12.6. The standard InChI is InChI=1S/C29H26F2N6O5/c1-16(2)36-15-22(28(40)37(29(36)41)21-7-4-18(30)5-8-21)27(39)35-19-6-9-25(23(31)12-19)42-26-13-20(34-17(3)38)14-33-24(26)10-11-32/h4-16,32-33H,1-3H3,(H,34,38)(H,35,39)/b24-10-,32-11?. The van der Waals surface area contributed by atoms with E-state index in [9.17, 15) is 23.6 Å². The zero-order chi connectivity index (χ0) is 30.6.